The average Bonchev–Trinajstić information content (AvgIpc) is 3.09. The molecule has 1 aromatic rings. The van der Waals surface area contributed by atoms with Crippen molar-refractivity contribution < 1.29 is 0 Å². The van der Waals surface area contributed by atoms with Gasteiger partial charge in [-0.3, -0.25) is 0 Å². The summed E-state index contributed by atoms with van der Waals surface area (Å²) in [7, 11) is 1.89. The molecule has 1 saturated carbocycles. The molecule has 82 valence electrons. The third-order valence-corrected chi connectivity index (χ3v) is 2.50. The molecule has 0 saturated heterocycles. The molecular weight excluding hydrogens is 188 g/mol. The van der Waals surface area contributed by atoms with Crippen LogP contribution in [0.2, 0.25) is 0 Å². The van der Waals surface area contributed by atoms with E-state index in [4.69, 9.17) is 0 Å². The first kappa shape index (κ1) is 10.2. The molecule has 0 radical (unpaired) electrons. The van der Waals surface area contributed by atoms with Crippen molar-refractivity contribution >= 4 is 11.6 Å². The van der Waals surface area contributed by atoms with Gasteiger partial charge in [-0.15, -0.1) is 0 Å². The third-order valence-electron chi connectivity index (χ3n) is 2.50. The van der Waals surface area contributed by atoms with Gasteiger partial charge in [0.25, 0.3) is 0 Å². The summed E-state index contributed by atoms with van der Waals surface area (Å²) >= 11 is 0. The molecule has 0 atom stereocenters. The van der Waals surface area contributed by atoms with Crippen LogP contribution in [0.1, 0.15) is 37.9 Å². The van der Waals surface area contributed by atoms with E-state index in [0.29, 0.717) is 5.92 Å². The minimum absolute atomic E-state index is 0.598. The van der Waals surface area contributed by atoms with Crippen molar-refractivity contribution in [1.29, 1.82) is 0 Å². The van der Waals surface area contributed by atoms with Gasteiger partial charge >= 0.3 is 0 Å². The highest BCUT2D eigenvalue weighted by Crippen LogP contribution is 2.38. The van der Waals surface area contributed by atoms with Gasteiger partial charge in [0.05, 0.1) is 0 Å². The van der Waals surface area contributed by atoms with E-state index >= 15 is 0 Å². The van der Waals surface area contributed by atoms with Crippen molar-refractivity contribution in [2.45, 2.75) is 32.1 Å². The number of nitrogens with zero attached hydrogens (tertiary/aromatic N) is 2. The van der Waals surface area contributed by atoms with E-state index in [1.54, 1.807) is 0 Å². The standard InChI is InChI=1S/C11H18N4/c1-3-6-13-10-7-9(12-2)14-11(15-10)8-4-5-8/h7-8H,3-6H2,1-2H3,(H2,12,13,14,15). The van der Waals surface area contributed by atoms with E-state index in [2.05, 4.69) is 27.5 Å². The van der Waals surface area contributed by atoms with E-state index < -0.39 is 0 Å². The molecule has 1 aliphatic rings. The predicted molar refractivity (Wildman–Crippen MR) is 62.3 cm³/mol. The summed E-state index contributed by atoms with van der Waals surface area (Å²) in [6, 6.07) is 1.96. The Balaban J connectivity index is 2.16. The van der Waals surface area contributed by atoms with Gasteiger partial charge in [0.15, 0.2) is 0 Å². The van der Waals surface area contributed by atoms with Crippen molar-refractivity contribution in [2.75, 3.05) is 24.2 Å². The van der Waals surface area contributed by atoms with Crippen LogP contribution in [0.25, 0.3) is 0 Å². The van der Waals surface area contributed by atoms with Crippen molar-refractivity contribution in [2.24, 2.45) is 0 Å². The Morgan fingerprint density at radius 1 is 1.33 bits per heavy atom. The number of hydrogen-bond acceptors (Lipinski definition) is 4. The Morgan fingerprint density at radius 2 is 2.07 bits per heavy atom. The molecule has 2 rings (SSSR count). The van der Waals surface area contributed by atoms with Crippen LogP contribution in [-0.2, 0) is 0 Å². The lowest BCUT2D eigenvalue weighted by Gasteiger charge is -2.08. The van der Waals surface area contributed by atoms with E-state index in [-0.39, 0.29) is 0 Å². The van der Waals surface area contributed by atoms with E-state index in [1.807, 2.05) is 13.1 Å². The molecule has 2 N–H and O–H groups in total. The number of nitrogens with one attached hydrogen (secondary N) is 2. The normalized spacial score (nSPS) is 15.1. The molecule has 1 aliphatic carbocycles. The van der Waals surface area contributed by atoms with E-state index in [9.17, 15) is 0 Å². The summed E-state index contributed by atoms with van der Waals surface area (Å²) in [6.07, 6.45) is 3.58. The summed E-state index contributed by atoms with van der Waals surface area (Å²) in [6.45, 7) is 3.11. The maximum absolute atomic E-state index is 4.52. The molecule has 4 heteroatoms. The van der Waals surface area contributed by atoms with Crippen molar-refractivity contribution in [3.63, 3.8) is 0 Å². The fraction of sp³-hybridized carbons (Fsp3) is 0.636. The smallest absolute Gasteiger partial charge is 0.136 e. The molecule has 0 unspecified atom stereocenters. The summed E-state index contributed by atoms with van der Waals surface area (Å²) in [5.74, 6) is 3.43. The third kappa shape index (κ3) is 2.58. The quantitative estimate of drug-likeness (QED) is 0.775. The number of rotatable bonds is 5. The van der Waals surface area contributed by atoms with Crippen LogP contribution in [0.5, 0.6) is 0 Å². The molecule has 1 heterocycles. The molecule has 4 nitrogen and oxygen atoms in total. The SMILES string of the molecule is CCCNc1cc(NC)nc(C2CC2)n1. The molecule has 0 bridgehead atoms. The number of hydrogen-bond donors (Lipinski definition) is 2. The Bertz CT molecular complexity index is 333. The number of aromatic nitrogens is 2. The maximum atomic E-state index is 4.52. The number of anilines is 2. The Kier molecular flexibility index (Phi) is 3.04. The summed E-state index contributed by atoms with van der Waals surface area (Å²) in [5.41, 5.74) is 0. The lowest BCUT2D eigenvalue weighted by Crippen LogP contribution is -2.06. The zero-order valence-corrected chi connectivity index (χ0v) is 9.38. The Morgan fingerprint density at radius 3 is 2.67 bits per heavy atom. The van der Waals surface area contributed by atoms with Gasteiger partial charge in [-0.05, 0) is 19.3 Å². The van der Waals surface area contributed by atoms with Gasteiger partial charge in [0.2, 0.25) is 0 Å². The highest BCUT2D eigenvalue weighted by Gasteiger charge is 2.27. The van der Waals surface area contributed by atoms with Crippen LogP contribution < -0.4 is 10.6 Å². The minimum atomic E-state index is 0.598. The van der Waals surface area contributed by atoms with Crippen molar-refractivity contribution in [3.05, 3.63) is 11.9 Å². The topological polar surface area (TPSA) is 49.8 Å². The van der Waals surface area contributed by atoms with Gasteiger partial charge < -0.3 is 10.6 Å². The summed E-state index contributed by atoms with van der Waals surface area (Å²) in [5, 5.41) is 6.38. The van der Waals surface area contributed by atoms with E-state index in [1.165, 1.54) is 12.8 Å². The van der Waals surface area contributed by atoms with Crippen LogP contribution in [-0.4, -0.2) is 23.6 Å². The first-order valence-electron chi connectivity index (χ1n) is 5.64. The predicted octanol–water partition coefficient (Wildman–Crippen LogP) is 2.22. The first-order chi connectivity index (χ1) is 7.33. The lowest BCUT2D eigenvalue weighted by molar-refractivity contribution is 0.910. The monoisotopic (exact) mass is 206 g/mol. The molecule has 1 aromatic heterocycles. The minimum Gasteiger partial charge on any atom is -0.373 e. The van der Waals surface area contributed by atoms with Gasteiger partial charge in [0.1, 0.15) is 17.5 Å². The fourth-order valence-electron chi connectivity index (χ4n) is 1.46. The van der Waals surface area contributed by atoms with Crippen LogP contribution in [0.15, 0.2) is 6.07 Å². The lowest BCUT2D eigenvalue weighted by atomic mass is 10.3. The molecule has 0 aliphatic heterocycles. The van der Waals surface area contributed by atoms with E-state index in [0.717, 1.165) is 30.4 Å². The Hall–Kier alpha value is -1.32. The zero-order valence-electron chi connectivity index (χ0n) is 9.38. The molecular formula is C11H18N4. The fourth-order valence-corrected chi connectivity index (χ4v) is 1.46. The first-order valence-corrected chi connectivity index (χ1v) is 5.64. The van der Waals surface area contributed by atoms with Crippen molar-refractivity contribution in [3.8, 4) is 0 Å². The maximum Gasteiger partial charge on any atom is 0.136 e. The van der Waals surface area contributed by atoms with Crippen molar-refractivity contribution in [1.82, 2.24) is 9.97 Å². The molecule has 0 aromatic carbocycles. The van der Waals surface area contributed by atoms with Crippen LogP contribution >= 0.6 is 0 Å². The highest BCUT2D eigenvalue weighted by atomic mass is 15.1. The molecule has 15 heavy (non-hydrogen) atoms. The average molecular weight is 206 g/mol. The van der Waals surface area contributed by atoms with Crippen LogP contribution in [0.3, 0.4) is 0 Å². The van der Waals surface area contributed by atoms with Gasteiger partial charge in [-0.2, -0.15) is 0 Å². The zero-order chi connectivity index (χ0) is 10.7. The molecule has 1 fully saturated rings. The van der Waals surface area contributed by atoms with Crippen LogP contribution in [0, 0.1) is 0 Å². The Labute approximate surface area is 90.5 Å². The second kappa shape index (κ2) is 4.47. The van der Waals surface area contributed by atoms with Crippen LogP contribution in [0.4, 0.5) is 11.6 Å². The van der Waals surface area contributed by atoms with Gasteiger partial charge in [-0.25, -0.2) is 9.97 Å². The second-order valence-electron chi connectivity index (χ2n) is 3.95. The summed E-state index contributed by atoms with van der Waals surface area (Å²) < 4.78 is 0. The largest absolute Gasteiger partial charge is 0.373 e. The molecule has 0 spiro atoms. The second-order valence-corrected chi connectivity index (χ2v) is 3.95. The van der Waals surface area contributed by atoms with Gasteiger partial charge in [0, 0.05) is 25.6 Å². The highest BCUT2D eigenvalue weighted by molar-refractivity contribution is 5.47. The molecule has 0 amide bonds. The summed E-state index contributed by atoms with van der Waals surface area (Å²) in [4.78, 5) is 8.98. The van der Waals surface area contributed by atoms with Gasteiger partial charge in [-0.1, -0.05) is 6.92 Å².